The molecule has 0 bridgehead atoms. The van der Waals surface area contributed by atoms with Gasteiger partial charge in [-0.15, -0.1) is 0 Å². The Morgan fingerprint density at radius 1 is 0.667 bits per heavy atom. The molecule has 134 valence electrons. The molecule has 0 nitrogen and oxygen atoms in total. The van der Waals surface area contributed by atoms with Crippen LogP contribution >= 0.6 is 0 Å². The fourth-order valence-corrected chi connectivity index (χ4v) is 3.94. The van der Waals surface area contributed by atoms with E-state index in [2.05, 4.69) is 51.4 Å². The first-order chi connectivity index (χ1) is 11.5. The summed E-state index contributed by atoms with van der Waals surface area (Å²) < 4.78 is 0. The molecule has 2 saturated carbocycles. The lowest BCUT2D eigenvalue weighted by molar-refractivity contribution is 0.336. The first-order valence-electron chi connectivity index (χ1n) is 10.5. The molecule has 2 fully saturated rings. The summed E-state index contributed by atoms with van der Waals surface area (Å²) in [5, 5.41) is 0. The van der Waals surface area contributed by atoms with E-state index in [0.717, 1.165) is 11.8 Å². The fraction of sp³-hybridized carbons (Fsp3) is 0.833. The van der Waals surface area contributed by atoms with Gasteiger partial charge in [-0.2, -0.15) is 0 Å². The van der Waals surface area contributed by atoms with Gasteiger partial charge < -0.3 is 0 Å². The highest BCUT2D eigenvalue weighted by molar-refractivity contribution is 5.12. The maximum absolute atomic E-state index is 3.63. The van der Waals surface area contributed by atoms with Crippen LogP contribution < -0.4 is 0 Å². The molecule has 0 spiro atoms. The fourth-order valence-electron chi connectivity index (χ4n) is 3.94. The van der Waals surface area contributed by atoms with E-state index in [1.54, 1.807) is 0 Å². The van der Waals surface area contributed by atoms with E-state index < -0.39 is 0 Å². The molecule has 0 aliphatic heterocycles. The average molecular weight is 327 g/mol. The SMILES string of the molecule is CC(C)CCC(C)C#CC1CCC(C#CC2CCC(C)CC2)CC1. The molecule has 0 amide bonds. The Morgan fingerprint density at radius 2 is 1.12 bits per heavy atom. The van der Waals surface area contributed by atoms with E-state index >= 15 is 0 Å². The third-order valence-electron chi connectivity index (χ3n) is 5.95. The zero-order chi connectivity index (χ0) is 17.4. The molecule has 0 N–H and O–H groups in total. The quantitative estimate of drug-likeness (QED) is 0.506. The van der Waals surface area contributed by atoms with Crippen molar-refractivity contribution in [3.63, 3.8) is 0 Å². The molecule has 0 saturated heterocycles. The van der Waals surface area contributed by atoms with Crippen LogP contribution in [0.15, 0.2) is 0 Å². The van der Waals surface area contributed by atoms with E-state index in [-0.39, 0.29) is 0 Å². The van der Waals surface area contributed by atoms with E-state index in [1.807, 2.05) is 0 Å². The summed E-state index contributed by atoms with van der Waals surface area (Å²) in [5.41, 5.74) is 0. The molecule has 24 heavy (non-hydrogen) atoms. The van der Waals surface area contributed by atoms with E-state index in [4.69, 9.17) is 0 Å². The Kier molecular flexibility index (Phi) is 8.25. The molecule has 1 unspecified atom stereocenters. The van der Waals surface area contributed by atoms with Crippen molar-refractivity contribution < 1.29 is 0 Å². The lowest BCUT2D eigenvalue weighted by Crippen LogP contribution is -2.14. The Bertz CT molecular complexity index is 462. The Morgan fingerprint density at radius 3 is 1.62 bits per heavy atom. The predicted molar refractivity (Wildman–Crippen MR) is 105 cm³/mol. The van der Waals surface area contributed by atoms with Gasteiger partial charge in [-0.05, 0) is 76.0 Å². The first-order valence-corrected chi connectivity index (χ1v) is 10.5. The van der Waals surface area contributed by atoms with E-state index in [1.165, 1.54) is 64.2 Å². The third-order valence-corrected chi connectivity index (χ3v) is 5.95. The van der Waals surface area contributed by atoms with E-state index in [9.17, 15) is 0 Å². The summed E-state index contributed by atoms with van der Waals surface area (Å²) >= 11 is 0. The van der Waals surface area contributed by atoms with Gasteiger partial charge in [-0.1, -0.05) is 51.4 Å². The van der Waals surface area contributed by atoms with Crippen LogP contribution in [0.2, 0.25) is 0 Å². The highest BCUT2D eigenvalue weighted by Crippen LogP contribution is 2.30. The molecule has 0 heterocycles. The van der Waals surface area contributed by atoms with Gasteiger partial charge in [-0.3, -0.25) is 0 Å². The van der Waals surface area contributed by atoms with Crippen molar-refractivity contribution in [3.8, 4) is 23.7 Å². The van der Waals surface area contributed by atoms with Gasteiger partial charge in [0.1, 0.15) is 0 Å². The minimum atomic E-state index is 0.568. The average Bonchev–Trinajstić information content (AvgIpc) is 2.58. The van der Waals surface area contributed by atoms with Crippen molar-refractivity contribution in [2.24, 2.45) is 35.5 Å². The van der Waals surface area contributed by atoms with Gasteiger partial charge in [0.05, 0.1) is 0 Å². The summed E-state index contributed by atoms with van der Waals surface area (Å²) in [6.07, 6.45) is 13.1. The van der Waals surface area contributed by atoms with Crippen molar-refractivity contribution in [1.29, 1.82) is 0 Å². The van der Waals surface area contributed by atoms with Gasteiger partial charge in [0, 0.05) is 23.7 Å². The molecule has 0 aromatic rings. The zero-order valence-electron chi connectivity index (χ0n) is 16.5. The highest BCUT2D eigenvalue weighted by Gasteiger charge is 2.20. The Labute approximate surface area is 151 Å². The van der Waals surface area contributed by atoms with Crippen molar-refractivity contribution in [2.75, 3.05) is 0 Å². The summed E-state index contributed by atoms with van der Waals surface area (Å²) in [5.74, 6) is 18.6. The molecule has 2 aliphatic rings. The first kappa shape index (κ1) is 19.4. The van der Waals surface area contributed by atoms with Crippen LogP contribution in [0.4, 0.5) is 0 Å². The molecule has 2 rings (SSSR count). The summed E-state index contributed by atoms with van der Waals surface area (Å²) in [6, 6.07) is 0. The van der Waals surface area contributed by atoms with Crippen molar-refractivity contribution in [3.05, 3.63) is 0 Å². The second-order valence-electron chi connectivity index (χ2n) is 8.95. The van der Waals surface area contributed by atoms with E-state index in [0.29, 0.717) is 23.7 Å². The molecular formula is C24H38. The topological polar surface area (TPSA) is 0 Å². The molecular weight excluding hydrogens is 288 g/mol. The van der Waals surface area contributed by atoms with Crippen LogP contribution in [-0.4, -0.2) is 0 Å². The van der Waals surface area contributed by atoms with Gasteiger partial charge in [0.2, 0.25) is 0 Å². The third kappa shape index (κ3) is 7.34. The highest BCUT2D eigenvalue weighted by atomic mass is 14.2. The van der Waals surface area contributed by atoms with Gasteiger partial charge >= 0.3 is 0 Å². The molecule has 1 atom stereocenters. The monoisotopic (exact) mass is 326 g/mol. The predicted octanol–water partition coefficient (Wildman–Crippen LogP) is 6.70. The Balaban J connectivity index is 1.68. The van der Waals surface area contributed by atoms with Crippen LogP contribution in [0.5, 0.6) is 0 Å². The Hall–Kier alpha value is -0.880. The minimum absolute atomic E-state index is 0.568. The molecule has 2 aliphatic carbocycles. The van der Waals surface area contributed by atoms with Crippen LogP contribution in [0.25, 0.3) is 0 Å². The number of hydrogen-bond acceptors (Lipinski definition) is 0. The molecule has 0 aromatic heterocycles. The lowest BCUT2D eigenvalue weighted by atomic mass is 9.80. The molecule has 0 heteroatoms. The van der Waals surface area contributed by atoms with Crippen molar-refractivity contribution in [1.82, 2.24) is 0 Å². The molecule has 0 radical (unpaired) electrons. The number of hydrogen-bond donors (Lipinski definition) is 0. The standard InChI is InChI=1S/C24H38/c1-19(2)5-6-20(3)7-12-23-14-17-24(18-15-23)16-13-22-10-8-21(4)9-11-22/h19-24H,5-6,8-11,14-15,17-18H2,1-4H3. The van der Waals surface area contributed by atoms with Crippen molar-refractivity contribution in [2.45, 2.75) is 91.9 Å². The lowest BCUT2D eigenvalue weighted by Gasteiger charge is -2.24. The summed E-state index contributed by atoms with van der Waals surface area (Å²) in [4.78, 5) is 0. The maximum atomic E-state index is 3.63. The second kappa shape index (κ2) is 10.2. The van der Waals surface area contributed by atoms with Crippen LogP contribution in [0.1, 0.15) is 91.9 Å². The minimum Gasteiger partial charge on any atom is -0.0999 e. The maximum Gasteiger partial charge on any atom is 0.0203 e. The number of rotatable bonds is 3. The summed E-state index contributed by atoms with van der Waals surface area (Å²) in [7, 11) is 0. The second-order valence-corrected chi connectivity index (χ2v) is 8.95. The van der Waals surface area contributed by atoms with Gasteiger partial charge in [-0.25, -0.2) is 0 Å². The van der Waals surface area contributed by atoms with Gasteiger partial charge in [0.25, 0.3) is 0 Å². The smallest absolute Gasteiger partial charge is 0.0203 e. The normalized spacial score (nSPS) is 31.5. The zero-order valence-corrected chi connectivity index (χ0v) is 16.5. The van der Waals surface area contributed by atoms with Gasteiger partial charge in [0.15, 0.2) is 0 Å². The van der Waals surface area contributed by atoms with Crippen LogP contribution in [0, 0.1) is 59.2 Å². The van der Waals surface area contributed by atoms with Crippen molar-refractivity contribution >= 4 is 0 Å². The molecule has 0 aromatic carbocycles. The van der Waals surface area contributed by atoms with Crippen LogP contribution in [-0.2, 0) is 0 Å². The largest absolute Gasteiger partial charge is 0.0999 e. The summed E-state index contributed by atoms with van der Waals surface area (Å²) in [6.45, 7) is 9.28. The van der Waals surface area contributed by atoms with Crippen LogP contribution in [0.3, 0.4) is 0 Å².